The first-order valence-corrected chi connectivity index (χ1v) is 6.83. The first-order chi connectivity index (χ1) is 10.2. The molecular formula is C14H19N3O4. The number of rotatable bonds is 4. The van der Waals surface area contributed by atoms with Crippen LogP contribution in [-0.4, -0.2) is 43.6 Å². The molecule has 0 aliphatic carbocycles. The molecule has 1 atom stereocenters. The van der Waals surface area contributed by atoms with Gasteiger partial charge in [-0.1, -0.05) is 0 Å². The molecule has 1 fully saturated rings. The Bertz CT molecular complexity index is 533. The second-order valence-corrected chi connectivity index (χ2v) is 4.72. The highest BCUT2D eigenvalue weighted by atomic mass is 16.5. The molecule has 0 saturated carbocycles. The summed E-state index contributed by atoms with van der Waals surface area (Å²) in [7, 11) is 2.91. The lowest BCUT2D eigenvalue weighted by atomic mass is 10.1. The van der Waals surface area contributed by atoms with E-state index in [0.29, 0.717) is 18.8 Å². The fourth-order valence-electron chi connectivity index (χ4n) is 2.18. The van der Waals surface area contributed by atoms with E-state index in [4.69, 9.17) is 9.47 Å². The average Bonchev–Trinajstić information content (AvgIpc) is 2.71. The number of hydrogen-bond donors (Lipinski definition) is 2. The summed E-state index contributed by atoms with van der Waals surface area (Å²) < 4.78 is 10.1. The Balaban J connectivity index is 2.14. The van der Waals surface area contributed by atoms with Crippen LogP contribution in [0.1, 0.15) is 29.6 Å². The molecule has 2 N–H and O–H groups in total. The van der Waals surface area contributed by atoms with E-state index in [9.17, 15) is 9.59 Å². The molecule has 1 aromatic heterocycles. The molecule has 1 aliphatic heterocycles. The first-order valence-electron chi connectivity index (χ1n) is 6.83. The number of aromatic nitrogens is 1. The number of nitrogens with one attached hydrogen (secondary N) is 2. The van der Waals surface area contributed by atoms with Crippen molar-refractivity contribution >= 4 is 11.8 Å². The lowest BCUT2D eigenvalue weighted by molar-refractivity contribution is -0.122. The summed E-state index contributed by atoms with van der Waals surface area (Å²) in [4.78, 5) is 28.2. The van der Waals surface area contributed by atoms with Gasteiger partial charge in [-0.2, -0.15) is 4.98 Å². The molecule has 1 saturated heterocycles. The van der Waals surface area contributed by atoms with Crippen LogP contribution in [0.2, 0.25) is 0 Å². The lowest BCUT2D eigenvalue weighted by Crippen LogP contribution is -2.45. The third-order valence-corrected chi connectivity index (χ3v) is 3.32. The number of hydrogen-bond acceptors (Lipinski definition) is 5. The standard InChI is InChI=1S/C14H19N3O4/c1-20-11-7-6-9(14(17-11)21-2)12(18)16-10-5-3-4-8-15-13(10)19/h6-7,10H,3-5,8H2,1-2H3,(H,15,19)(H,16,18). The van der Waals surface area contributed by atoms with Crippen molar-refractivity contribution in [3.05, 3.63) is 17.7 Å². The Kier molecular flexibility index (Phi) is 4.97. The van der Waals surface area contributed by atoms with Crippen LogP contribution in [0.3, 0.4) is 0 Å². The maximum absolute atomic E-state index is 12.3. The summed E-state index contributed by atoms with van der Waals surface area (Å²) in [5.74, 6) is -0.0122. The maximum atomic E-state index is 12.3. The molecule has 21 heavy (non-hydrogen) atoms. The zero-order chi connectivity index (χ0) is 15.2. The zero-order valence-corrected chi connectivity index (χ0v) is 12.1. The predicted molar refractivity (Wildman–Crippen MR) is 75.5 cm³/mol. The van der Waals surface area contributed by atoms with Crippen molar-refractivity contribution in [3.8, 4) is 11.8 Å². The fourth-order valence-corrected chi connectivity index (χ4v) is 2.18. The fraction of sp³-hybridized carbons (Fsp3) is 0.500. The molecule has 2 amide bonds. The largest absolute Gasteiger partial charge is 0.481 e. The van der Waals surface area contributed by atoms with E-state index in [-0.39, 0.29) is 23.3 Å². The van der Waals surface area contributed by atoms with Gasteiger partial charge in [0.15, 0.2) is 0 Å². The van der Waals surface area contributed by atoms with Gasteiger partial charge in [-0.05, 0) is 25.3 Å². The number of carbonyl (C=O) groups excluding carboxylic acids is 2. The van der Waals surface area contributed by atoms with E-state index in [1.807, 2.05) is 0 Å². The van der Waals surface area contributed by atoms with Gasteiger partial charge in [-0.25, -0.2) is 0 Å². The summed E-state index contributed by atoms with van der Waals surface area (Å²) in [6.07, 6.45) is 2.44. The predicted octanol–water partition coefficient (Wildman–Crippen LogP) is 0.497. The van der Waals surface area contributed by atoms with E-state index < -0.39 is 6.04 Å². The Morgan fingerprint density at radius 1 is 1.33 bits per heavy atom. The first kappa shape index (κ1) is 15.1. The summed E-state index contributed by atoms with van der Waals surface area (Å²) in [6.45, 7) is 0.651. The Morgan fingerprint density at radius 3 is 2.86 bits per heavy atom. The number of methoxy groups -OCH3 is 2. The molecule has 7 heteroatoms. The van der Waals surface area contributed by atoms with Gasteiger partial charge in [0.2, 0.25) is 17.7 Å². The van der Waals surface area contributed by atoms with Crippen molar-refractivity contribution in [3.63, 3.8) is 0 Å². The lowest BCUT2D eigenvalue weighted by Gasteiger charge is -2.16. The van der Waals surface area contributed by atoms with Gasteiger partial charge in [0.25, 0.3) is 5.91 Å². The van der Waals surface area contributed by atoms with Gasteiger partial charge >= 0.3 is 0 Å². The van der Waals surface area contributed by atoms with Gasteiger partial charge in [0.1, 0.15) is 11.6 Å². The normalized spacial score (nSPS) is 18.4. The highest BCUT2D eigenvalue weighted by Gasteiger charge is 2.24. The topological polar surface area (TPSA) is 89.6 Å². The summed E-state index contributed by atoms with van der Waals surface area (Å²) in [5.41, 5.74) is 0.273. The second-order valence-electron chi connectivity index (χ2n) is 4.72. The Hall–Kier alpha value is -2.31. The van der Waals surface area contributed by atoms with Gasteiger partial charge in [0.05, 0.1) is 14.2 Å². The van der Waals surface area contributed by atoms with Crippen LogP contribution in [0.25, 0.3) is 0 Å². The highest BCUT2D eigenvalue weighted by molar-refractivity contribution is 5.99. The molecule has 0 spiro atoms. The van der Waals surface area contributed by atoms with Crippen LogP contribution in [0.15, 0.2) is 12.1 Å². The highest BCUT2D eigenvalue weighted by Crippen LogP contribution is 2.20. The maximum Gasteiger partial charge on any atom is 0.257 e. The minimum atomic E-state index is -0.521. The molecule has 0 aromatic carbocycles. The third kappa shape index (κ3) is 3.62. The van der Waals surface area contributed by atoms with E-state index >= 15 is 0 Å². The van der Waals surface area contributed by atoms with Gasteiger partial charge in [0, 0.05) is 12.6 Å². The number of pyridine rings is 1. The third-order valence-electron chi connectivity index (χ3n) is 3.32. The van der Waals surface area contributed by atoms with Crippen molar-refractivity contribution in [2.24, 2.45) is 0 Å². The smallest absolute Gasteiger partial charge is 0.257 e. The number of carbonyl (C=O) groups is 2. The van der Waals surface area contributed by atoms with E-state index in [2.05, 4.69) is 15.6 Å². The average molecular weight is 293 g/mol. The minimum Gasteiger partial charge on any atom is -0.481 e. The van der Waals surface area contributed by atoms with Crippen molar-refractivity contribution in [1.29, 1.82) is 0 Å². The van der Waals surface area contributed by atoms with E-state index in [0.717, 1.165) is 12.8 Å². The van der Waals surface area contributed by atoms with Crippen LogP contribution in [0.4, 0.5) is 0 Å². The van der Waals surface area contributed by atoms with E-state index in [1.165, 1.54) is 14.2 Å². The number of nitrogens with zero attached hydrogens (tertiary/aromatic N) is 1. The summed E-state index contributed by atoms with van der Waals surface area (Å²) in [5, 5.41) is 5.50. The number of ether oxygens (including phenoxy) is 2. The molecule has 0 bridgehead atoms. The molecule has 114 valence electrons. The van der Waals surface area contributed by atoms with E-state index in [1.54, 1.807) is 12.1 Å². The molecule has 7 nitrogen and oxygen atoms in total. The second kappa shape index (κ2) is 6.92. The summed E-state index contributed by atoms with van der Waals surface area (Å²) >= 11 is 0. The SMILES string of the molecule is COc1ccc(C(=O)NC2CCCCNC2=O)c(OC)n1. The monoisotopic (exact) mass is 293 g/mol. The van der Waals surface area contributed by atoms with Gasteiger partial charge in [-0.15, -0.1) is 0 Å². The van der Waals surface area contributed by atoms with Crippen LogP contribution in [0.5, 0.6) is 11.8 Å². The Labute approximate surface area is 123 Å². The Morgan fingerprint density at radius 2 is 2.14 bits per heavy atom. The van der Waals surface area contributed by atoms with Crippen LogP contribution >= 0.6 is 0 Å². The van der Waals surface area contributed by atoms with Gasteiger partial charge < -0.3 is 20.1 Å². The molecule has 1 aliphatic rings. The molecule has 1 aromatic rings. The van der Waals surface area contributed by atoms with Crippen molar-refractivity contribution in [1.82, 2.24) is 15.6 Å². The number of amides is 2. The summed E-state index contributed by atoms with van der Waals surface area (Å²) in [6, 6.07) is 2.62. The molecular weight excluding hydrogens is 274 g/mol. The molecule has 2 heterocycles. The van der Waals surface area contributed by atoms with Crippen molar-refractivity contribution < 1.29 is 19.1 Å². The van der Waals surface area contributed by atoms with Crippen molar-refractivity contribution in [2.45, 2.75) is 25.3 Å². The van der Waals surface area contributed by atoms with Crippen LogP contribution in [0, 0.1) is 0 Å². The van der Waals surface area contributed by atoms with Crippen LogP contribution in [-0.2, 0) is 4.79 Å². The minimum absolute atomic E-state index is 0.152. The molecule has 0 radical (unpaired) electrons. The van der Waals surface area contributed by atoms with Crippen molar-refractivity contribution in [2.75, 3.05) is 20.8 Å². The zero-order valence-electron chi connectivity index (χ0n) is 12.1. The van der Waals surface area contributed by atoms with Crippen LogP contribution < -0.4 is 20.1 Å². The molecule has 2 rings (SSSR count). The van der Waals surface area contributed by atoms with Gasteiger partial charge in [-0.3, -0.25) is 9.59 Å². The molecule has 1 unspecified atom stereocenters. The quantitative estimate of drug-likeness (QED) is 0.843.